The molecule has 1 atom stereocenters. The van der Waals surface area contributed by atoms with Gasteiger partial charge in [0.05, 0.1) is 5.60 Å². The van der Waals surface area contributed by atoms with Gasteiger partial charge in [0.1, 0.15) is 0 Å². The first-order valence-electron chi connectivity index (χ1n) is 6.90. The molecule has 0 aromatic heterocycles. The highest BCUT2D eigenvalue weighted by Crippen LogP contribution is 2.14. The molecule has 0 heterocycles. The molecule has 2 N–H and O–H groups in total. The van der Waals surface area contributed by atoms with E-state index in [0.29, 0.717) is 5.56 Å². The minimum absolute atomic E-state index is 0.0450. The average molecular weight is 277 g/mol. The van der Waals surface area contributed by atoms with Gasteiger partial charge in [-0.15, -0.1) is 0 Å². The van der Waals surface area contributed by atoms with E-state index in [2.05, 4.69) is 5.32 Å². The Morgan fingerprint density at radius 2 is 1.80 bits per heavy atom. The maximum atomic E-state index is 11.8. The summed E-state index contributed by atoms with van der Waals surface area (Å²) in [6.07, 6.45) is 0.321. The highest BCUT2D eigenvalue weighted by molar-refractivity contribution is 5.97. The largest absolute Gasteiger partial charge is 0.388 e. The smallest absolute Gasteiger partial charge is 0.220 e. The van der Waals surface area contributed by atoms with Crippen molar-refractivity contribution in [3.05, 3.63) is 35.9 Å². The lowest BCUT2D eigenvalue weighted by Crippen LogP contribution is -2.44. The fraction of sp³-hybridized carbons (Fsp3) is 0.500. The summed E-state index contributed by atoms with van der Waals surface area (Å²) in [5, 5.41) is 12.7. The molecule has 1 unspecified atom stereocenters. The third-order valence-electron chi connectivity index (χ3n) is 3.56. The first-order chi connectivity index (χ1) is 9.33. The van der Waals surface area contributed by atoms with Crippen molar-refractivity contribution < 1.29 is 14.7 Å². The fourth-order valence-corrected chi connectivity index (χ4v) is 1.57. The molecule has 0 saturated carbocycles. The third-order valence-corrected chi connectivity index (χ3v) is 3.56. The van der Waals surface area contributed by atoms with E-state index in [1.165, 1.54) is 0 Å². The summed E-state index contributed by atoms with van der Waals surface area (Å²) >= 11 is 0. The van der Waals surface area contributed by atoms with Crippen molar-refractivity contribution in [2.75, 3.05) is 6.54 Å². The molecule has 0 spiro atoms. The van der Waals surface area contributed by atoms with Crippen LogP contribution in [-0.4, -0.2) is 28.9 Å². The lowest BCUT2D eigenvalue weighted by atomic mass is 9.92. The second-order valence-corrected chi connectivity index (χ2v) is 5.58. The van der Waals surface area contributed by atoms with E-state index in [9.17, 15) is 14.7 Å². The minimum atomic E-state index is -0.931. The van der Waals surface area contributed by atoms with Crippen molar-refractivity contribution in [2.24, 2.45) is 5.92 Å². The van der Waals surface area contributed by atoms with Gasteiger partial charge in [-0.2, -0.15) is 0 Å². The van der Waals surface area contributed by atoms with Gasteiger partial charge >= 0.3 is 0 Å². The van der Waals surface area contributed by atoms with E-state index < -0.39 is 5.60 Å². The first kappa shape index (κ1) is 16.4. The zero-order valence-electron chi connectivity index (χ0n) is 12.3. The van der Waals surface area contributed by atoms with Crippen LogP contribution in [0.3, 0.4) is 0 Å². The van der Waals surface area contributed by atoms with Gasteiger partial charge in [0.15, 0.2) is 5.78 Å². The number of amides is 1. The molecule has 20 heavy (non-hydrogen) atoms. The van der Waals surface area contributed by atoms with Crippen LogP contribution in [0, 0.1) is 5.92 Å². The summed E-state index contributed by atoms with van der Waals surface area (Å²) in [6.45, 7) is 5.67. The average Bonchev–Trinajstić information content (AvgIpc) is 2.43. The van der Waals surface area contributed by atoms with Crippen LogP contribution in [0.4, 0.5) is 0 Å². The van der Waals surface area contributed by atoms with Crippen molar-refractivity contribution in [2.45, 2.75) is 39.2 Å². The Balaban J connectivity index is 2.36. The van der Waals surface area contributed by atoms with Gasteiger partial charge in [-0.3, -0.25) is 9.59 Å². The SMILES string of the molecule is CC(C)C(C)(O)CNC(=O)CCC(=O)c1ccccc1. The molecule has 0 aliphatic carbocycles. The number of aliphatic hydroxyl groups is 1. The monoisotopic (exact) mass is 277 g/mol. The number of hydrogen-bond donors (Lipinski definition) is 2. The fourth-order valence-electron chi connectivity index (χ4n) is 1.57. The molecule has 1 aromatic rings. The molecule has 0 saturated heterocycles. The van der Waals surface area contributed by atoms with E-state index in [0.717, 1.165) is 0 Å². The van der Waals surface area contributed by atoms with Crippen LogP contribution in [0.1, 0.15) is 44.0 Å². The second-order valence-electron chi connectivity index (χ2n) is 5.58. The quantitative estimate of drug-likeness (QED) is 0.751. The van der Waals surface area contributed by atoms with Crippen LogP contribution in [0.25, 0.3) is 0 Å². The molecular weight excluding hydrogens is 254 g/mol. The molecule has 0 radical (unpaired) electrons. The Kier molecular flexibility index (Phi) is 5.89. The van der Waals surface area contributed by atoms with Crippen LogP contribution in [0.5, 0.6) is 0 Å². The number of Topliss-reactive ketones (excluding diaryl/α,β-unsaturated/α-hetero) is 1. The molecule has 110 valence electrons. The van der Waals surface area contributed by atoms with Gasteiger partial charge < -0.3 is 10.4 Å². The van der Waals surface area contributed by atoms with Crippen molar-refractivity contribution in [1.29, 1.82) is 0 Å². The Morgan fingerprint density at radius 3 is 2.35 bits per heavy atom. The summed E-state index contributed by atoms with van der Waals surface area (Å²) in [5.74, 6) is -0.208. The number of carbonyl (C=O) groups is 2. The van der Waals surface area contributed by atoms with E-state index in [-0.39, 0.29) is 37.0 Å². The Morgan fingerprint density at radius 1 is 1.20 bits per heavy atom. The summed E-state index contributed by atoms with van der Waals surface area (Å²) in [7, 11) is 0. The van der Waals surface area contributed by atoms with E-state index >= 15 is 0 Å². The van der Waals surface area contributed by atoms with Gasteiger partial charge in [-0.1, -0.05) is 44.2 Å². The second kappa shape index (κ2) is 7.20. The van der Waals surface area contributed by atoms with Crippen LogP contribution in [0.15, 0.2) is 30.3 Å². The molecule has 0 aliphatic heterocycles. The molecule has 1 amide bonds. The van der Waals surface area contributed by atoms with Crippen molar-refractivity contribution in [3.8, 4) is 0 Å². The predicted octanol–water partition coefficient (Wildman–Crippen LogP) is 2.17. The minimum Gasteiger partial charge on any atom is -0.388 e. The van der Waals surface area contributed by atoms with Gasteiger partial charge in [-0.25, -0.2) is 0 Å². The third kappa shape index (κ3) is 5.13. The summed E-state index contributed by atoms with van der Waals surface area (Å²) in [6, 6.07) is 8.92. The highest BCUT2D eigenvalue weighted by atomic mass is 16.3. The first-order valence-corrected chi connectivity index (χ1v) is 6.90. The number of nitrogens with one attached hydrogen (secondary N) is 1. The standard InChI is InChI=1S/C16H23NO3/c1-12(2)16(3,20)11-17-15(19)10-9-14(18)13-7-5-4-6-8-13/h4-8,12,20H,9-11H2,1-3H3,(H,17,19). The number of benzene rings is 1. The van der Waals surface area contributed by atoms with Crippen LogP contribution < -0.4 is 5.32 Å². The van der Waals surface area contributed by atoms with Crippen molar-refractivity contribution in [3.63, 3.8) is 0 Å². The lowest BCUT2D eigenvalue weighted by Gasteiger charge is -2.27. The number of carbonyl (C=O) groups excluding carboxylic acids is 2. The van der Waals surface area contributed by atoms with Crippen LogP contribution >= 0.6 is 0 Å². The van der Waals surface area contributed by atoms with Crippen molar-refractivity contribution in [1.82, 2.24) is 5.32 Å². The normalized spacial score (nSPS) is 13.8. The van der Waals surface area contributed by atoms with Gasteiger partial charge in [0.2, 0.25) is 5.91 Å². The molecule has 4 nitrogen and oxygen atoms in total. The molecule has 0 aliphatic rings. The maximum Gasteiger partial charge on any atom is 0.220 e. The molecule has 4 heteroatoms. The topological polar surface area (TPSA) is 66.4 Å². The molecule has 0 bridgehead atoms. The molecule has 0 fully saturated rings. The number of rotatable bonds is 7. The predicted molar refractivity (Wildman–Crippen MR) is 78.5 cm³/mol. The Labute approximate surface area is 120 Å². The Bertz CT molecular complexity index is 452. The van der Waals surface area contributed by atoms with E-state index in [1.54, 1.807) is 31.2 Å². The van der Waals surface area contributed by atoms with Crippen LogP contribution in [-0.2, 0) is 4.79 Å². The highest BCUT2D eigenvalue weighted by Gasteiger charge is 2.25. The summed E-state index contributed by atoms with van der Waals surface area (Å²) in [5.41, 5.74) is -0.312. The van der Waals surface area contributed by atoms with Gasteiger partial charge in [0, 0.05) is 24.9 Å². The Hall–Kier alpha value is -1.68. The van der Waals surface area contributed by atoms with Crippen LogP contribution in [0.2, 0.25) is 0 Å². The van der Waals surface area contributed by atoms with Gasteiger partial charge in [-0.05, 0) is 12.8 Å². The summed E-state index contributed by atoms with van der Waals surface area (Å²) < 4.78 is 0. The number of ketones is 1. The summed E-state index contributed by atoms with van der Waals surface area (Å²) in [4.78, 5) is 23.5. The zero-order chi connectivity index (χ0) is 15.2. The van der Waals surface area contributed by atoms with Gasteiger partial charge in [0.25, 0.3) is 0 Å². The number of hydrogen-bond acceptors (Lipinski definition) is 3. The van der Waals surface area contributed by atoms with E-state index in [4.69, 9.17) is 0 Å². The molecule has 1 aromatic carbocycles. The molecule has 1 rings (SSSR count). The van der Waals surface area contributed by atoms with Crippen molar-refractivity contribution >= 4 is 11.7 Å². The zero-order valence-corrected chi connectivity index (χ0v) is 12.3. The van der Waals surface area contributed by atoms with E-state index in [1.807, 2.05) is 19.9 Å². The molecular formula is C16H23NO3. The maximum absolute atomic E-state index is 11.8. The lowest BCUT2D eigenvalue weighted by molar-refractivity contribution is -0.122.